The van der Waals surface area contributed by atoms with Crippen LogP contribution in [0, 0.1) is 12.8 Å². The third-order valence-corrected chi connectivity index (χ3v) is 4.27. The van der Waals surface area contributed by atoms with Gasteiger partial charge in [0, 0.05) is 22.9 Å². The molecule has 3 rings (SSSR count). The monoisotopic (exact) mass is 352 g/mol. The Kier molecular flexibility index (Phi) is 5.56. The fraction of sp³-hybridized carbons (Fsp3) is 0.333. The van der Waals surface area contributed by atoms with Gasteiger partial charge in [-0.05, 0) is 62.1 Å². The molecular formula is C21H24N2O3. The average Bonchev–Trinajstić information content (AvgIpc) is 3.48. The van der Waals surface area contributed by atoms with Crippen molar-refractivity contribution in [3.05, 3.63) is 53.6 Å². The largest absolute Gasteiger partial charge is 0.494 e. The van der Waals surface area contributed by atoms with Crippen molar-refractivity contribution in [2.45, 2.75) is 33.1 Å². The fourth-order valence-corrected chi connectivity index (χ4v) is 2.57. The second-order valence-electron chi connectivity index (χ2n) is 6.62. The minimum Gasteiger partial charge on any atom is -0.494 e. The van der Waals surface area contributed by atoms with Crippen LogP contribution < -0.4 is 15.4 Å². The van der Waals surface area contributed by atoms with Gasteiger partial charge in [-0.3, -0.25) is 9.59 Å². The van der Waals surface area contributed by atoms with Gasteiger partial charge in [-0.15, -0.1) is 0 Å². The summed E-state index contributed by atoms with van der Waals surface area (Å²) in [6.07, 6.45) is 2.82. The molecule has 2 N–H and O–H groups in total. The van der Waals surface area contributed by atoms with E-state index in [9.17, 15) is 9.59 Å². The maximum absolute atomic E-state index is 12.5. The second-order valence-corrected chi connectivity index (χ2v) is 6.62. The van der Waals surface area contributed by atoms with Crippen molar-refractivity contribution in [2.75, 3.05) is 17.2 Å². The van der Waals surface area contributed by atoms with Crippen LogP contribution >= 0.6 is 0 Å². The molecule has 5 nitrogen and oxygen atoms in total. The van der Waals surface area contributed by atoms with E-state index in [2.05, 4.69) is 10.6 Å². The number of ether oxygens (including phenoxy) is 1. The molecule has 0 spiro atoms. The molecule has 1 aliphatic carbocycles. The molecule has 0 unspecified atom stereocenters. The van der Waals surface area contributed by atoms with Crippen LogP contribution in [0.25, 0.3) is 0 Å². The Morgan fingerprint density at radius 2 is 1.92 bits per heavy atom. The maximum Gasteiger partial charge on any atom is 0.255 e. The quantitative estimate of drug-likeness (QED) is 0.777. The maximum atomic E-state index is 12.5. The average molecular weight is 352 g/mol. The third-order valence-electron chi connectivity index (χ3n) is 4.27. The van der Waals surface area contributed by atoms with Crippen LogP contribution in [0.5, 0.6) is 5.75 Å². The lowest BCUT2D eigenvalue weighted by Crippen LogP contribution is -2.15. The number of carbonyl (C=O) groups is 2. The minimum atomic E-state index is -0.213. The van der Waals surface area contributed by atoms with Gasteiger partial charge in [0.25, 0.3) is 5.91 Å². The Balaban J connectivity index is 1.69. The smallest absolute Gasteiger partial charge is 0.255 e. The molecule has 136 valence electrons. The molecule has 0 bridgehead atoms. The van der Waals surface area contributed by atoms with E-state index in [-0.39, 0.29) is 17.7 Å². The van der Waals surface area contributed by atoms with Crippen LogP contribution in [0.15, 0.2) is 42.5 Å². The number of nitrogens with one attached hydrogen (secondary N) is 2. The zero-order chi connectivity index (χ0) is 18.5. The van der Waals surface area contributed by atoms with Crippen LogP contribution in [-0.4, -0.2) is 18.4 Å². The lowest BCUT2D eigenvalue weighted by Gasteiger charge is -2.12. The molecule has 2 aromatic rings. The van der Waals surface area contributed by atoms with Gasteiger partial charge in [0.1, 0.15) is 5.75 Å². The molecule has 0 heterocycles. The van der Waals surface area contributed by atoms with E-state index in [1.807, 2.05) is 32.0 Å². The number of hydrogen-bond donors (Lipinski definition) is 2. The van der Waals surface area contributed by atoms with Crippen molar-refractivity contribution in [3.63, 3.8) is 0 Å². The third kappa shape index (κ3) is 4.63. The zero-order valence-electron chi connectivity index (χ0n) is 15.2. The van der Waals surface area contributed by atoms with Crippen molar-refractivity contribution >= 4 is 23.2 Å². The molecule has 2 aromatic carbocycles. The summed E-state index contributed by atoms with van der Waals surface area (Å²) in [5.74, 6) is 0.659. The van der Waals surface area contributed by atoms with Crippen LogP contribution in [0.2, 0.25) is 0 Å². The first-order valence-corrected chi connectivity index (χ1v) is 9.02. The number of hydrogen-bond acceptors (Lipinski definition) is 3. The molecule has 0 radical (unpaired) electrons. The van der Waals surface area contributed by atoms with Crippen molar-refractivity contribution in [3.8, 4) is 5.75 Å². The van der Waals surface area contributed by atoms with Gasteiger partial charge in [0.05, 0.1) is 6.61 Å². The summed E-state index contributed by atoms with van der Waals surface area (Å²) in [7, 11) is 0. The molecule has 0 saturated heterocycles. The first-order chi connectivity index (χ1) is 12.6. The highest BCUT2D eigenvalue weighted by Gasteiger charge is 2.29. The molecule has 0 aromatic heterocycles. The van der Waals surface area contributed by atoms with Crippen molar-refractivity contribution in [1.82, 2.24) is 0 Å². The van der Waals surface area contributed by atoms with Crippen molar-refractivity contribution in [2.24, 2.45) is 5.92 Å². The van der Waals surface area contributed by atoms with E-state index < -0.39 is 0 Å². The van der Waals surface area contributed by atoms with Gasteiger partial charge >= 0.3 is 0 Å². The first kappa shape index (κ1) is 18.0. The highest BCUT2D eigenvalue weighted by molar-refractivity contribution is 6.05. The molecular weight excluding hydrogens is 328 g/mol. The van der Waals surface area contributed by atoms with E-state index >= 15 is 0 Å². The summed E-state index contributed by atoms with van der Waals surface area (Å²) in [5, 5.41) is 5.83. The van der Waals surface area contributed by atoms with E-state index in [0.717, 1.165) is 30.5 Å². The van der Waals surface area contributed by atoms with E-state index in [0.29, 0.717) is 23.6 Å². The van der Waals surface area contributed by atoms with Crippen molar-refractivity contribution in [1.29, 1.82) is 0 Å². The van der Waals surface area contributed by atoms with E-state index in [1.165, 1.54) is 0 Å². The Labute approximate surface area is 153 Å². The van der Waals surface area contributed by atoms with Gasteiger partial charge in [0.2, 0.25) is 5.91 Å². The highest BCUT2D eigenvalue weighted by Crippen LogP contribution is 2.31. The summed E-state index contributed by atoms with van der Waals surface area (Å²) in [5.41, 5.74) is 2.88. The first-order valence-electron chi connectivity index (χ1n) is 9.02. The number of rotatable bonds is 7. The number of anilines is 2. The Bertz CT molecular complexity index is 813. The number of benzene rings is 2. The van der Waals surface area contributed by atoms with E-state index in [4.69, 9.17) is 4.74 Å². The molecule has 1 fully saturated rings. The molecule has 26 heavy (non-hydrogen) atoms. The summed E-state index contributed by atoms with van der Waals surface area (Å²) in [4.78, 5) is 24.5. The Hall–Kier alpha value is -2.82. The zero-order valence-corrected chi connectivity index (χ0v) is 15.2. The summed E-state index contributed by atoms with van der Waals surface area (Å²) < 4.78 is 5.58. The molecule has 1 aliphatic rings. The lowest BCUT2D eigenvalue weighted by molar-refractivity contribution is -0.117. The Morgan fingerprint density at radius 3 is 2.65 bits per heavy atom. The molecule has 0 atom stereocenters. The van der Waals surface area contributed by atoms with Gasteiger partial charge in [-0.25, -0.2) is 0 Å². The molecule has 5 heteroatoms. The van der Waals surface area contributed by atoms with Gasteiger partial charge < -0.3 is 15.4 Å². The molecule has 1 saturated carbocycles. The minimum absolute atomic E-state index is 0.0531. The number of carbonyl (C=O) groups excluding carboxylic acids is 2. The number of amides is 2. The normalized spacial score (nSPS) is 13.2. The topological polar surface area (TPSA) is 67.4 Å². The van der Waals surface area contributed by atoms with Crippen LogP contribution in [0.1, 0.15) is 42.1 Å². The van der Waals surface area contributed by atoms with Gasteiger partial charge in [0.15, 0.2) is 0 Å². The predicted molar refractivity (Wildman–Crippen MR) is 103 cm³/mol. The van der Waals surface area contributed by atoms with Gasteiger partial charge in [-0.1, -0.05) is 19.1 Å². The SMILES string of the molecule is CCCOc1cccc(C(=O)Nc2ccc(C)c(NC(=O)C3CC3)c2)c1. The predicted octanol–water partition coefficient (Wildman–Crippen LogP) is 4.38. The second kappa shape index (κ2) is 8.04. The lowest BCUT2D eigenvalue weighted by atomic mass is 10.1. The summed E-state index contributed by atoms with van der Waals surface area (Å²) in [6.45, 7) is 4.59. The summed E-state index contributed by atoms with van der Waals surface area (Å²) >= 11 is 0. The standard InChI is InChI=1S/C21H24N2O3/c1-3-11-26-18-6-4-5-16(12-18)21(25)22-17-10-7-14(2)19(13-17)23-20(24)15-8-9-15/h4-7,10,12-13,15H,3,8-9,11H2,1-2H3,(H,22,25)(H,23,24). The van der Waals surface area contributed by atoms with Crippen molar-refractivity contribution < 1.29 is 14.3 Å². The van der Waals surface area contributed by atoms with Gasteiger partial charge in [-0.2, -0.15) is 0 Å². The molecule has 2 amide bonds. The van der Waals surface area contributed by atoms with E-state index in [1.54, 1.807) is 24.3 Å². The Morgan fingerprint density at radius 1 is 1.12 bits per heavy atom. The highest BCUT2D eigenvalue weighted by atomic mass is 16.5. The number of aryl methyl sites for hydroxylation is 1. The van der Waals surface area contributed by atoms with Crippen LogP contribution in [0.4, 0.5) is 11.4 Å². The van der Waals surface area contributed by atoms with Crippen LogP contribution in [-0.2, 0) is 4.79 Å². The summed E-state index contributed by atoms with van der Waals surface area (Å²) in [6, 6.07) is 12.6. The van der Waals surface area contributed by atoms with Crippen LogP contribution in [0.3, 0.4) is 0 Å². The fourth-order valence-electron chi connectivity index (χ4n) is 2.57. The molecule has 0 aliphatic heterocycles.